The van der Waals surface area contributed by atoms with E-state index >= 15 is 0 Å². The first kappa shape index (κ1) is 21.8. The zero-order chi connectivity index (χ0) is 21.8. The van der Waals surface area contributed by atoms with E-state index in [1.54, 1.807) is 30.3 Å². The predicted molar refractivity (Wildman–Crippen MR) is 112 cm³/mol. The number of rotatable bonds is 8. The molecule has 3 rings (SSSR count). The fourth-order valence-electron chi connectivity index (χ4n) is 2.76. The Labute approximate surface area is 176 Å². The molecule has 30 heavy (non-hydrogen) atoms. The van der Waals surface area contributed by atoms with Crippen LogP contribution in [0.1, 0.15) is 5.56 Å². The molecule has 3 aromatic rings. The summed E-state index contributed by atoms with van der Waals surface area (Å²) in [5.74, 6) is 0.920. The summed E-state index contributed by atoms with van der Waals surface area (Å²) in [6.45, 7) is -0.344. The van der Waals surface area contributed by atoms with Crippen LogP contribution in [-0.4, -0.2) is 34.8 Å². The Bertz CT molecular complexity index is 1110. The Hall–Kier alpha value is -2.88. The average molecular weight is 448 g/mol. The van der Waals surface area contributed by atoms with Crippen molar-refractivity contribution in [3.63, 3.8) is 0 Å². The van der Waals surface area contributed by atoms with E-state index < -0.39 is 20.0 Å². The van der Waals surface area contributed by atoms with Gasteiger partial charge in [0.2, 0.25) is 0 Å². The molecule has 7 nitrogen and oxygen atoms in total. The first-order valence-electron chi connectivity index (χ1n) is 8.89. The molecule has 0 bridgehead atoms. The molecule has 0 aromatic heterocycles. The van der Waals surface area contributed by atoms with E-state index in [2.05, 4.69) is 0 Å². The van der Waals surface area contributed by atoms with Crippen molar-refractivity contribution in [2.24, 2.45) is 0 Å². The number of ether oxygens (including phenoxy) is 2. The summed E-state index contributed by atoms with van der Waals surface area (Å²) in [6, 6.07) is 19.7. The molecule has 158 valence electrons. The van der Waals surface area contributed by atoms with Gasteiger partial charge in [-0.25, -0.2) is 16.8 Å². The number of nitrogens with zero attached hydrogens (tertiary/aromatic N) is 1. The molecule has 0 heterocycles. The fraction of sp³-hybridized carbons (Fsp3) is 0.143. The Balaban J connectivity index is 2.11. The summed E-state index contributed by atoms with van der Waals surface area (Å²) < 4.78 is 64.1. The molecule has 0 spiro atoms. The van der Waals surface area contributed by atoms with Gasteiger partial charge in [-0.3, -0.25) is 0 Å². The Morgan fingerprint density at radius 2 is 1.03 bits per heavy atom. The van der Waals surface area contributed by atoms with Crippen LogP contribution < -0.4 is 9.47 Å². The standard InChI is InChI=1S/C21H21NO6S2/c1-27-18-8-12-20(13-9-18)29(23,24)22(16-17-6-4-3-5-7-17)30(25,26)21-14-10-19(28-2)11-15-21/h3-15H,16H2,1-2H3. The van der Waals surface area contributed by atoms with Gasteiger partial charge in [0.25, 0.3) is 20.0 Å². The number of methoxy groups -OCH3 is 2. The van der Waals surface area contributed by atoms with Gasteiger partial charge in [-0.2, -0.15) is 0 Å². The van der Waals surface area contributed by atoms with E-state index in [1.165, 1.54) is 62.8 Å². The van der Waals surface area contributed by atoms with Crippen molar-refractivity contribution in [2.75, 3.05) is 14.2 Å². The van der Waals surface area contributed by atoms with Gasteiger partial charge >= 0.3 is 0 Å². The van der Waals surface area contributed by atoms with E-state index in [0.717, 1.165) is 0 Å². The molecular formula is C21H21NO6S2. The summed E-state index contributed by atoms with van der Waals surface area (Å²) >= 11 is 0. The largest absolute Gasteiger partial charge is 0.497 e. The molecule has 0 fully saturated rings. The minimum Gasteiger partial charge on any atom is -0.497 e. The molecular weight excluding hydrogens is 426 g/mol. The van der Waals surface area contributed by atoms with Crippen LogP contribution in [0.5, 0.6) is 11.5 Å². The average Bonchev–Trinajstić information content (AvgIpc) is 2.78. The minimum atomic E-state index is -4.39. The summed E-state index contributed by atoms with van der Waals surface area (Å²) in [4.78, 5) is -0.312. The number of hydrogen-bond acceptors (Lipinski definition) is 6. The van der Waals surface area contributed by atoms with Crippen LogP contribution in [0.4, 0.5) is 0 Å². The van der Waals surface area contributed by atoms with Crippen LogP contribution in [0, 0.1) is 0 Å². The highest BCUT2D eigenvalue weighted by Crippen LogP contribution is 2.28. The molecule has 3 aromatic carbocycles. The lowest BCUT2D eigenvalue weighted by molar-refractivity contribution is 0.414. The molecule has 0 aliphatic heterocycles. The first-order chi connectivity index (χ1) is 14.3. The van der Waals surface area contributed by atoms with Crippen molar-refractivity contribution < 1.29 is 26.3 Å². The number of hydrogen-bond donors (Lipinski definition) is 0. The predicted octanol–water partition coefficient (Wildman–Crippen LogP) is 3.28. The van der Waals surface area contributed by atoms with Gasteiger partial charge in [-0.1, -0.05) is 34.0 Å². The maximum atomic E-state index is 13.4. The second-order valence-corrected chi connectivity index (χ2v) is 10.2. The van der Waals surface area contributed by atoms with Gasteiger partial charge in [0.15, 0.2) is 0 Å². The molecule has 9 heteroatoms. The molecule has 0 saturated carbocycles. The number of sulfonamides is 2. The van der Waals surface area contributed by atoms with Crippen LogP contribution in [0.2, 0.25) is 0 Å². The monoisotopic (exact) mass is 447 g/mol. The van der Waals surface area contributed by atoms with Crippen molar-refractivity contribution in [3.05, 3.63) is 84.4 Å². The highest BCUT2D eigenvalue weighted by atomic mass is 32.3. The first-order valence-corrected chi connectivity index (χ1v) is 11.8. The summed E-state index contributed by atoms with van der Waals surface area (Å²) in [5, 5.41) is 0. The molecule has 0 atom stereocenters. The highest BCUT2D eigenvalue weighted by Gasteiger charge is 2.36. The van der Waals surface area contributed by atoms with Crippen LogP contribution in [0.25, 0.3) is 0 Å². The summed E-state index contributed by atoms with van der Waals surface area (Å²) in [5.41, 5.74) is 0.534. The van der Waals surface area contributed by atoms with Gasteiger partial charge in [0.05, 0.1) is 30.6 Å². The summed E-state index contributed by atoms with van der Waals surface area (Å²) in [6.07, 6.45) is 0. The third kappa shape index (κ3) is 4.48. The maximum Gasteiger partial charge on any atom is 0.256 e. The van der Waals surface area contributed by atoms with Gasteiger partial charge in [-0.05, 0) is 54.1 Å². The van der Waals surface area contributed by atoms with Crippen molar-refractivity contribution in [1.82, 2.24) is 3.71 Å². The minimum absolute atomic E-state index is 0.156. The molecule has 0 radical (unpaired) electrons. The zero-order valence-corrected chi connectivity index (χ0v) is 18.1. The van der Waals surface area contributed by atoms with Crippen LogP contribution in [-0.2, 0) is 26.6 Å². The normalized spacial score (nSPS) is 12.0. The van der Waals surface area contributed by atoms with E-state index in [1.807, 2.05) is 0 Å². The maximum absolute atomic E-state index is 13.4. The van der Waals surface area contributed by atoms with Crippen molar-refractivity contribution in [1.29, 1.82) is 0 Å². The third-order valence-electron chi connectivity index (χ3n) is 4.41. The van der Waals surface area contributed by atoms with Crippen molar-refractivity contribution >= 4 is 20.0 Å². The van der Waals surface area contributed by atoms with Gasteiger partial charge in [0, 0.05) is 0 Å². The molecule has 0 aliphatic carbocycles. The van der Waals surface area contributed by atoms with E-state index in [0.29, 0.717) is 20.8 Å². The Morgan fingerprint density at radius 1 is 0.633 bits per heavy atom. The smallest absolute Gasteiger partial charge is 0.256 e. The van der Waals surface area contributed by atoms with E-state index in [4.69, 9.17) is 9.47 Å². The molecule has 0 saturated heterocycles. The van der Waals surface area contributed by atoms with Crippen LogP contribution in [0.3, 0.4) is 0 Å². The van der Waals surface area contributed by atoms with E-state index in [-0.39, 0.29) is 16.3 Å². The third-order valence-corrected chi connectivity index (χ3v) is 8.65. The van der Waals surface area contributed by atoms with Gasteiger partial charge in [-0.15, -0.1) is 0 Å². The highest BCUT2D eigenvalue weighted by molar-refractivity contribution is 8.04. The molecule has 0 amide bonds. The second-order valence-electron chi connectivity index (χ2n) is 6.28. The molecule has 0 unspecified atom stereocenters. The van der Waals surface area contributed by atoms with Crippen LogP contribution in [0.15, 0.2) is 88.7 Å². The lowest BCUT2D eigenvalue weighted by Crippen LogP contribution is -2.36. The quantitative estimate of drug-likeness (QED) is 0.526. The summed E-state index contributed by atoms with van der Waals surface area (Å²) in [7, 11) is -5.86. The Morgan fingerprint density at radius 3 is 1.40 bits per heavy atom. The van der Waals surface area contributed by atoms with Gasteiger partial charge in [0.1, 0.15) is 11.5 Å². The molecule has 0 aliphatic rings. The molecule has 0 N–H and O–H groups in total. The van der Waals surface area contributed by atoms with Crippen molar-refractivity contribution in [2.45, 2.75) is 16.3 Å². The zero-order valence-electron chi connectivity index (χ0n) is 16.4. The lowest BCUT2D eigenvalue weighted by atomic mass is 10.2. The topological polar surface area (TPSA) is 90.0 Å². The van der Waals surface area contributed by atoms with E-state index in [9.17, 15) is 16.8 Å². The Kier molecular flexibility index (Phi) is 6.45. The SMILES string of the molecule is COc1ccc(S(=O)(=O)N(Cc2ccccc2)S(=O)(=O)c2ccc(OC)cc2)cc1. The fourth-order valence-corrected chi connectivity index (χ4v) is 6.38. The van der Waals surface area contributed by atoms with Crippen LogP contribution >= 0.6 is 0 Å². The van der Waals surface area contributed by atoms with Crippen molar-refractivity contribution in [3.8, 4) is 11.5 Å². The second kappa shape index (κ2) is 8.86. The number of benzene rings is 3. The lowest BCUT2D eigenvalue weighted by Gasteiger charge is -2.22. The van der Waals surface area contributed by atoms with Gasteiger partial charge < -0.3 is 9.47 Å².